The van der Waals surface area contributed by atoms with Crippen molar-refractivity contribution in [3.05, 3.63) is 47.8 Å². The van der Waals surface area contributed by atoms with Gasteiger partial charge in [0, 0.05) is 11.8 Å². The predicted octanol–water partition coefficient (Wildman–Crippen LogP) is 3.09. The molecule has 0 saturated carbocycles. The smallest absolute Gasteiger partial charge is 0.231 e. The number of aryl methyl sites for hydroxylation is 1. The maximum Gasteiger partial charge on any atom is 0.231 e. The van der Waals surface area contributed by atoms with Gasteiger partial charge in [0.1, 0.15) is 5.65 Å². The van der Waals surface area contributed by atoms with E-state index in [4.69, 9.17) is 14.5 Å². The largest absolute Gasteiger partial charge is 0.454 e. The van der Waals surface area contributed by atoms with Gasteiger partial charge in [-0.25, -0.2) is 4.98 Å². The molecule has 2 aromatic heterocycles. The summed E-state index contributed by atoms with van der Waals surface area (Å²) in [7, 11) is 0. The number of aromatic nitrogens is 2. The molecule has 0 radical (unpaired) electrons. The van der Waals surface area contributed by atoms with E-state index in [0.717, 1.165) is 33.9 Å². The number of hydrogen-bond acceptors (Lipinski definition) is 4. The van der Waals surface area contributed by atoms with Crippen LogP contribution < -0.4 is 9.47 Å². The monoisotopic (exact) mass is 296 g/mol. The van der Waals surface area contributed by atoms with E-state index in [1.54, 1.807) is 6.92 Å². The Labute approximate surface area is 127 Å². The van der Waals surface area contributed by atoms with Crippen LogP contribution in [0.3, 0.4) is 0 Å². The van der Waals surface area contributed by atoms with E-state index in [0.29, 0.717) is 5.75 Å². The SMILES string of the molecule is Cc1cccn2c(C(C)O)c(-c3ccc4c(c3)OCO4)nc12. The van der Waals surface area contributed by atoms with Crippen LogP contribution in [-0.2, 0) is 0 Å². The number of benzene rings is 1. The lowest BCUT2D eigenvalue weighted by Crippen LogP contribution is -1.99. The van der Waals surface area contributed by atoms with Gasteiger partial charge in [-0.3, -0.25) is 0 Å². The summed E-state index contributed by atoms with van der Waals surface area (Å²) in [6, 6.07) is 9.69. The minimum absolute atomic E-state index is 0.242. The summed E-state index contributed by atoms with van der Waals surface area (Å²) in [4.78, 5) is 4.74. The van der Waals surface area contributed by atoms with Gasteiger partial charge in [0.05, 0.1) is 17.5 Å². The number of pyridine rings is 1. The highest BCUT2D eigenvalue weighted by molar-refractivity contribution is 5.71. The summed E-state index contributed by atoms with van der Waals surface area (Å²) >= 11 is 0. The predicted molar refractivity (Wildman–Crippen MR) is 82.1 cm³/mol. The second-order valence-corrected chi connectivity index (χ2v) is 5.47. The van der Waals surface area contributed by atoms with Crippen LogP contribution >= 0.6 is 0 Å². The maximum absolute atomic E-state index is 10.2. The molecule has 1 aliphatic rings. The lowest BCUT2D eigenvalue weighted by Gasteiger charge is -2.08. The Morgan fingerprint density at radius 1 is 1.23 bits per heavy atom. The molecule has 1 N–H and O–H groups in total. The Morgan fingerprint density at radius 3 is 2.86 bits per heavy atom. The molecule has 1 aromatic carbocycles. The summed E-state index contributed by atoms with van der Waals surface area (Å²) < 4.78 is 12.7. The Kier molecular flexibility index (Phi) is 2.84. The van der Waals surface area contributed by atoms with Gasteiger partial charge in [-0.1, -0.05) is 6.07 Å². The number of hydrogen-bond donors (Lipinski definition) is 1. The van der Waals surface area contributed by atoms with Crippen molar-refractivity contribution in [2.24, 2.45) is 0 Å². The second-order valence-electron chi connectivity index (χ2n) is 5.47. The van der Waals surface area contributed by atoms with E-state index in [1.165, 1.54) is 0 Å². The van der Waals surface area contributed by atoms with Crippen LogP contribution in [0.15, 0.2) is 36.5 Å². The highest BCUT2D eigenvalue weighted by atomic mass is 16.7. The average Bonchev–Trinajstić information content (AvgIpc) is 3.11. The molecule has 0 fully saturated rings. The van der Waals surface area contributed by atoms with Gasteiger partial charge in [-0.2, -0.15) is 0 Å². The van der Waals surface area contributed by atoms with Gasteiger partial charge >= 0.3 is 0 Å². The Morgan fingerprint density at radius 2 is 2.05 bits per heavy atom. The first-order valence-corrected chi connectivity index (χ1v) is 7.21. The molecular weight excluding hydrogens is 280 g/mol. The van der Waals surface area contributed by atoms with Crippen molar-refractivity contribution in [2.45, 2.75) is 20.0 Å². The fraction of sp³-hybridized carbons (Fsp3) is 0.235. The standard InChI is InChI=1S/C17H16N2O3/c1-10-4-3-7-19-16(11(2)20)15(18-17(10)19)12-5-6-13-14(8-12)22-9-21-13/h3-8,11,20H,9H2,1-2H3. The quantitative estimate of drug-likeness (QED) is 0.789. The van der Waals surface area contributed by atoms with Gasteiger partial charge in [0.2, 0.25) is 6.79 Å². The van der Waals surface area contributed by atoms with E-state index < -0.39 is 6.10 Å². The minimum atomic E-state index is -0.628. The number of aliphatic hydroxyl groups excluding tert-OH is 1. The molecular formula is C17H16N2O3. The van der Waals surface area contributed by atoms with Gasteiger partial charge in [-0.05, 0) is 43.7 Å². The Balaban J connectivity index is 1.98. The zero-order valence-corrected chi connectivity index (χ0v) is 12.4. The molecule has 5 nitrogen and oxygen atoms in total. The van der Waals surface area contributed by atoms with Gasteiger partial charge in [-0.15, -0.1) is 0 Å². The number of rotatable bonds is 2. The van der Waals surface area contributed by atoms with Crippen molar-refractivity contribution in [1.82, 2.24) is 9.38 Å². The van der Waals surface area contributed by atoms with Crippen molar-refractivity contribution in [3.63, 3.8) is 0 Å². The molecule has 1 unspecified atom stereocenters. The summed E-state index contributed by atoms with van der Waals surface area (Å²) in [5.41, 5.74) is 4.37. The maximum atomic E-state index is 10.2. The van der Waals surface area contributed by atoms with Crippen molar-refractivity contribution >= 4 is 5.65 Å². The number of fused-ring (bicyclic) bond motifs is 2. The Bertz CT molecular complexity index is 868. The molecule has 1 aliphatic heterocycles. The highest BCUT2D eigenvalue weighted by Crippen LogP contribution is 2.38. The number of aliphatic hydroxyl groups is 1. The zero-order chi connectivity index (χ0) is 15.3. The summed E-state index contributed by atoms with van der Waals surface area (Å²) in [5.74, 6) is 1.45. The molecule has 1 atom stereocenters. The third kappa shape index (κ3) is 1.86. The average molecular weight is 296 g/mol. The fourth-order valence-electron chi connectivity index (χ4n) is 2.88. The number of ether oxygens (including phenoxy) is 2. The Hall–Kier alpha value is -2.53. The van der Waals surface area contributed by atoms with Gasteiger partial charge < -0.3 is 19.0 Å². The van der Waals surface area contributed by atoms with Gasteiger partial charge in [0.25, 0.3) is 0 Å². The van der Waals surface area contributed by atoms with Crippen LogP contribution in [0.25, 0.3) is 16.9 Å². The minimum Gasteiger partial charge on any atom is -0.454 e. The molecule has 112 valence electrons. The van der Waals surface area contributed by atoms with Crippen molar-refractivity contribution in [1.29, 1.82) is 0 Å². The molecule has 3 aromatic rings. The summed E-state index contributed by atoms with van der Waals surface area (Å²) in [6.45, 7) is 4.01. The number of nitrogens with zero attached hydrogens (tertiary/aromatic N) is 2. The molecule has 5 heteroatoms. The van der Waals surface area contributed by atoms with Crippen LogP contribution in [0.4, 0.5) is 0 Å². The van der Waals surface area contributed by atoms with Crippen molar-refractivity contribution in [3.8, 4) is 22.8 Å². The zero-order valence-electron chi connectivity index (χ0n) is 12.4. The van der Waals surface area contributed by atoms with Crippen LogP contribution in [0.2, 0.25) is 0 Å². The molecule has 0 aliphatic carbocycles. The highest BCUT2D eigenvalue weighted by Gasteiger charge is 2.21. The molecule has 0 bridgehead atoms. The first kappa shape index (κ1) is 13.2. The lowest BCUT2D eigenvalue weighted by atomic mass is 10.1. The fourth-order valence-corrected chi connectivity index (χ4v) is 2.88. The van der Waals surface area contributed by atoms with Crippen LogP contribution in [0, 0.1) is 6.92 Å². The van der Waals surface area contributed by atoms with E-state index in [9.17, 15) is 5.11 Å². The summed E-state index contributed by atoms with van der Waals surface area (Å²) in [6.07, 6.45) is 1.30. The third-order valence-corrected chi connectivity index (χ3v) is 3.92. The molecule has 0 saturated heterocycles. The van der Waals surface area contributed by atoms with Crippen molar-refractivity contribution < 1.29 is 14.6 Å². The van der Waals surface area contributed by atoms with Crippen LogP contribution in [0.5, 0.6) is 11.5 Å². The van der Waals surface area contributed by atoms with E-state index >= 15 is 0 Å². The normalized spacial score (nSPS) is 14.5. The molecule has 22 heavy (non-hydrogen) atoms. The molecule has 0 spiro atoms. The number of imidazole rings is 1. The van der Waals surface area contributed by atoms with Crippen molar-refractivity contribution in [2.75, 3.05) is 6.79 Å². The third-order valence-electron chi connectivity index (χ3n) is 3.92. The van der Waals surface area contributed by atoms with E-state index in [2.05, 4.69) is 0 Å². The molecule has 0 amide bonds. The first-order valence-electron chi connectivity index (χ1n) is 7.21. The van der Waals surface area contributed by atoms with Gasteiger partial charge in [0.15, 0.2) is 11.5 Å². The lowest BCUT2D eigenvalue weighted by molar-refractivity contribution is 0.174. The second kappa shape index (κ2) is 4.74. The summed E-state index contributed by atoms with van der Waals surface area (Å²) in [5, 5.41) is 10.2. The topological polar surface area (TPSA) is 56.0 Å². The van der Waals surface area contributed by atoms with Crippen LogP contribution in [-0.4, -0.2) is 21.3 Å². The molecule has 4 rings (SSSR count). The van der Waals surface area contributed by atoms with E-state index in [1.807, 2.05) is 47.9 Å². The van der Waals surface area contributed by atoms with E-state index in [-0.39, 0.29) is 6.79 Å². The first-order chi connectivity index (χ1) is 10.6. The molecule has 3 heterocycles. The van der Waals surface area contributed by atoms with Crippen LogP contribution in [0.1, 0.15) is 24.3 Å².